The van der Waals surface area contributed by atoms with Gasteiger partial charge in [0, 0.05) is 6.04 Å². The Hall–Kier alpha value is -0.730. The summed E-state index contributed by atoms with van der Waals surface area (Å²) < 4.78 is 5.55. The SMILES string of the molecule is CCCOc1ccc([C@H]2CCCN2)cc1.Cl. The summed E-state index contributed by atoms with van der Waals surface area (Å²) in [6.45, 7) is 4.08. The van der Waals surface area contributed by atoms with Crippen molar-refractivity contribution in [3.63, 3.8) is 0 Å². The Morgan fingerprint density at radius 3 is 2.62 bits per heavy atom. The molecule has 1 fully saturated rings. The molecule has 1 heterocycles. The fourth-order valence-corrected chi connectivity index (χ4v) is 1.99. The first kappa shape index (κ1) is 13.3. The highest BCUT2D eigenvalue weighted by Crippen LogP contribution is 2.24. The second kappa shape index (κ2) is 6.77. The van der Waals surface area contributed by atoms with Gasteiger partial charge >= 0.3 is 0 Å². The molecule has 0 bridgehead atoms. The molecule has 0 saturated carbocycles. The van der Waals surface area contributed by atoms with Gasteiger partial charge in [0.15, 0.2) is 0 Å². The van der Waals surface area contributed by atoms with Crippen molar-refractivity contribution < 1.29 is 4.74 Å². The Balaban J connectivity index is 0.00000128. The molecule has 0 spiro atoms. The molecule has 0 radical (unpaired) electrons. The summed E-state index contributed by atoms with van der Waals surface area (Å²) >= 11 is 0. The minimum absolute atomic E-state index is 0. The monoisotopic (exact) mass is 241 g/mol. The largest absolute Gasteiger partial charge is 0.494 e. The topological polar surface area (TPSA) is 21.3 Å². The van der Waals surface area contributed by atoms with Crippen LogP contribution in [-0.4, -0.2) is 13.2 Å². The molecule has 1 aromatic rings. The Morgan fingerprint density at radius 2 is 2.06 bits per heavy atom. The molecule has 1 N–H and O–H groups in total. The first-order valence-corrected chi connectivity index (χ1v) is 5.86. The summed E-state index contributed by atoms with van der Waals surface area (Å²) in [7, 11) is 0. The van der Waals surface area contributed by atoms with E-state index in [-0.39, 0.29) is 12.4 Å². The molecule has 3 heteroatoms. The van der Waals surface area contributed by atoms with E-state index in [1.807, 2.05) is 0 Å². The van der Waals surface area contributed by atoms with Crippen molar-refractivity contribution in [1.82, 2.24) is 5.32 Å². The van der Waals surface area contributed by atoms with Gasteiger partial charge in [-0.05, 0) is 43.5 Å². The van der Waals surface area contributed by atoms with Crippen molar-refractivity contribution in [2.24, 2.45) is 0 Å². The molecule has 0 unspecified atom stereocenters. The van der Waals surface area contributed by atoms with E-state index in [1.165, 1.54) is 18.4 Å². The maximum absolute atomic E-state index is 5.55. The van der Waals surface area contributed by atoms with Gasteiger partial charge < -0.3 is 10.1 Å². The van der Waals surface area contributed by atoms with Crippen LogP contribution in [0.1, 0.15) is 37.8 Å². The fraction of sp³-hybridized carbons (Fsp3) is 0.538. The molecule has 90 valence electrons. The molecule has 0 aliphatic carbocycles. The van der Waals surface area contributed by atoms with Crippen LogP contribution in [0.4, 0.5) is 0 Å². The predicted molar refractivity (Wildman–Crippen MR) is 69.5 cm³/mol. The van der Waals surface area contributed by atoms with Crippen LogP contribution in [-0.2, 0) is 0 Å². The second-order valence-electron chi connectivity index (χ2n) is 4.07. The van der Waals surface area contributed by atoms with Crippen LogP contribution in [0.25, 0.3) is 0 Å². The van der Waals surface area contributed by atoms with E-state index in [4.69, 9.17) is 4.74 Å². The number of halogens is 1. The average Bonchev–Trinajstić information content (AvgIpc) is 2.80. The number of nitrogens with one attached hydrogen (secondary N) is 1. The lowest BCUT2D eigenvalue weighted by Gasteiger charge is -2.11. The van der Waals surface area contributed by atoms with Crippen molar-refractivity contribution in [3.8, 4) is 5.75 Å². The van der Waals surface area contributed by atoms with Gasteiger partial charge in [0.1, 0.15) is 5.75 Å². The zero-order chi connectivity index (χ0) is 10.5. The van der Waals surface area contributed by atoms with Gasteiger partial charge in [-0.3, -0.25) is 0 Å². The highest BCUT2D eigenvalue weighted by atomic mass is 35.5. The Kier molecular flexibility index (Phi) is 5.64. The summed E-state index contributed by atoms with van der Waals surface area (Å²) in [5, 5.41) is 3.49. The maximum atomic E-state index is 5.55. The maximum Gasteiger partial charge on any atom is 0.119 e. The molecule has 0 amide bonds. The number of benzene rings is 1. The fourth-order valence-electron chi connectivity index (χ4n) is 1.99. The van der Waals surface area contributed by atoms with Crippen LogP contribution in [0.15, 0.2) is 24.3 Å². The molecular weight excluding hydrogens is 222 g/mol. The van der Waals surface area contributed by atoms with Gasteiger partial charge in [-0.1, -0.05) is 19.1 Å². The van der Waals surface area contributed by atoms with Gasteiger partial charge in [-0.25, -0.2) is 0 Å². The van der Waals surface area contributed by atoms with Gasteiger partial charge in [0.05, 0.1) is 6.61 Å². The third kappa shape index (κ3) is 3.39. The first-order chi connectivity index (χ1) is 7.40. The van der Waals surface area contributed by atoms with Crippen LogP contribution >= 0.6 is 12.4 Å². The molecule has 1 aliphatic heterocycles. The van der Waals surface area contributed by atoms with Crippen molar-refractivity contribution in [3.05, 3.63) is 29.8 Å². The van der Waals surface area contributed by atoms with E-state index in [0.29, 0.717) is 6.04 Å². The lowest BCUT2D eigenvalue weighted by Crippen LogP contribution is -2.12. The predicted octanol–water partition coefficient (Wildman–Crippen LogP) is 3.32. The minimum atomic E-state index is 0. The van der Waals surface area contributed by atoms with E-state index in [9.17, 15) is 0 Å². The van der Waals surface area contributed by atoms with Gasteiger partial charge in [0.25, 0.3) is 0 Å². The zero-order valence-corrected chi connectivity index (χ0v) is 10.6. The zero-order valence-electron chi connectivity index (χ0n) is 9.74. The van der Waals surface area contributed by atoms with E-state index in [0.717, 1.165) is 25.3 Å². The summed E-state index contributed by atoms with van der Waals surface area (Å²) in [4.78, 5) is 0. The Labute approximate surface area is 104 Å². The third-order valence-corrected chi connectivity index (χ3v) is 2.82. The lowest BCUT2D eigenvalue weighted by atomic mass is 10.1. The third-order valence-electron chi connectivity index (χ3n) is 2.82. The van der Waals surface area contributed by atoms with E-state index < -0.39 is 0 Å². The van der Waals surface area contributed by atoms with Crippen molar-refractivity contribution in [2.45, 2.75) is 32.2 Å². The summed E-state index contributed by atoms with van der Waals surface area (Å²) in [6, 6.07) is 9.06. The van der Waals surface area contributed by atoms with Gasteiger partial charge in [0.2, 0.25) is 0 Å². The average molecular weight is 242 g/mol. The van der Waals surface area contributed by atoms with Crippen molar-refractivity contribution >= 4 is 12.4 Å². The van der Waals surface area contributed by atoms with Crippen LogP contribution < -0.4 is 10.1 Å². The van der Waals surface area contributed by atoms with E-state index >= 15 is 0 Å². The summed E-state index contributed by atoms with van der Waals surface area (Å²) in [5.74, 6) is 0.985. The molecule has 2 rings (SSSR count). The molecule has 1 atom stereocenters. The smallest absolute Gasteiger partial charge is 0.119 e. The Bertz CT molecular complexity index is 293. The first-order valence-electron chi connectivity index (χ1n) is 5.86. The minimum Gasteiger partial charge on any atom is -0.494 e. The number of hydrogen-bond acceptors (Lipinski definition) is 2. The van der Waals surface area contributed by atoms with Gasteiger partial charge in [-0.2, -0.15) is 0 Å². The molecular formula is C13H20ClNO. The number of ether oxygens (including phenoxy) is 1. The molecule has 0 aromatic heterocycles. The summed E-state index contributed by atoms with van der Waals surface area (Å²) in [5.41, 5.74) is 1.39. The Morgan fingerprint density at radius 1 is 1.31 bits per heavy atom. The highest BCUT2D eigenvalue weighted by molar-refractivity contribution is 5.85. The molecule has 1 saturated heterocycles. The van der Waals surface area contributed by atoms with Crippen LogP contribution in [0.5, 0.6) is 5.75 Å². The molecule has 1 aliphatic rings. The van der Waals surface area contributed by atoms with Crippen LogP contribution in [0, 0.1) is 0 Å². The quantitative estimate of drug-likeness (QED) is 0.873. The highest BCUT2D eigenvalue weighted by Gasteiger charge is 2.15. The van der Waals surface area contributed by atoms with Gasteiger partial charge in [-0.15, -0.1) is 12.4 Å². The molecule has 2 nitrogen and oxygen atoms in total. The van der Waals surface area contributed by atoms with Crippen LogP contribution in [0.2, 0.25) is 0 Å². The van der Waals surface area contributed by atoms with E-state index in [2.05, 4.69) is 36.5 Å². The standard InChI is InChI=1S/C13H19NO.ClH/c1-2-10-15-12-7-5-11(6-8-12)13-4-3-9-14-13;/h5-8,13-14H,2-4,9-10H2,1H3;1H/t13-;/m1./s1. The summed E-state index contributed by atoms with van der Waals surface area (Å²) in [6.07, 6.45) is 3.61. The van der Waals surface area contributed by atoms with Crippen LogP contribution in [0.3, 0.4) is 0 Å². The normalized spacial score (nSPS) is 19.2. The van der Waals surface area contributed by atoms with Crippen molar-refractivity contribution in [1.29, 1.82) is 0 Å². The molecule has 1 aromatic carbocycles. The number of rotatable bonds is 4. The second-order valence-corrected chi connectivity index (χ2v) is 4.07. The lowest BCUT2D eigenvalue weighted by molar-refractivity contribution is 0.317. The van der Waals surface area contributed by atoms with Crippen molar-refractivity contribution in [2.75, 3.05) is 13.2 Å². The molecule has 16 heavy (non-hydrogen) atoms. The van der Waals surface area contributed by atoms with E-state index in [1.54, 1.807) is 0 Å². The number of hydrogen-bond donors (Lipinski definition) is 1.